The van der Waals surface area contributed by atoms with E-state index < -0.39 is 41.0 Å². The SMILES string of the molecule is CC(CC(F)(F)F)Nc1ccc([N+](=O)[O-])c(C(F)(F)F)c1. The van der Waals surface area contributed by atoms with Crippen LogP contribution in [0.15, 0.2) is 18.2 Å². The molecule has 0 aliphatic carbocycles. The smallest absolute Gasteiger partial charge is 0.382 e. The predicted octanol–water partition coefficient (Wildman–Crippen LogP) is 4.37. The number of hydrogen-bond acceptors (Lipinski definition) is 3. The molecular formula is C11H10F6N2O2. The number of benzene rings is 1. The topological polar surface area (TPSA) is 55.2 Å². The number of anilines is 1. The zero-order valence-electron chi connectivity index (χ0n) is 10.5. The first kappa shape index (κ1) is 17.1. The second kappa shape index (κ2) is 5.78. The molecule has 0 bridgehead atoms. The largest absolute Gasteiger partial charge is 0.423 e. The number of hydrogen-bond donors (Lipinski definition) is 1. The molecule has 4 nitrogen and oxygen atoms in total. The van der Waals surface area contributed by atoms with Crippen LogP contribution in [0.3, 0.4) is 0 Å². The van der Waals surface area contributed by atoms with Crippen molar-refractivity contribution in [2.75, 3.05) is 5.32 Å². The van der Waals surface area contributed by atoms with Crippen LogP contribution in [0.5, 0.6) is 0 Å². The Labute approximate surface area is 114 Å². The number of nitrogens with zero attached hydrogens (tertiary/aromatic N) is 1. The van der Waals surface area contributed by atoms with Crippen LogP contribution in [0.2, 0.25) is 0 Å². The van der Waals surface area contributed by atoms with Crippen molar-refractivity contribution in [1.29, 1.82) is 0 Å². The van der Waals surface area contributed by atoms with Gasteiger partial charge < -0.3 is 5.32 Å². The Morgan fingerprint density at radius 3 is 2.24 bits per heavy atom. The third kappa shape index (κ3) is 5.12. The van der Waals surface area contributed by atoms with Gasteiger partial charge in [0, 0.05) is 17.8 Å². The normalized spacial score (nSPS) is 13.9. The van der Waals surface area contributed by atoms with Gasteiger partial charge in [-0.1, -0.05) is 0 Å². The van der Waals surface area contributed by atoms with Crippen molar-refractivity contribution in [3.8, 4) is 0 Å². The second-order valence-electron chi connectivity index (χ2n) is 4.35. The first-order chi connectivity index (χ1) is 9.40. The minimum absolute atomic E-state index is 0.273. The minimum atomic E-state index is -4.98. The first-order valence-corrected chi connectivity index (χ1v) is 5.59. The summed E-state index contributed by atoms with van der Waals surface area (Å²) in [6, 6.07) is 0.782. The Morgan fingerprint density at radius 1 is 1.24 bits per heavy atom. The number of nitro benzene ring substituents is 1. The highest BCUT2D eigenvalue weighted by molar-refractivity contribution is 5.55. The molecule has 0 radical (unpaired) electrons. The fraction of sp³-hybridized carbons (Fsp3) is 0.455. The minimum Gasteiger partial charge on any atom is -0.382 e. The summed E-state index contributed by atoms with van der Waals surface area (Å²) < 4.78 is 74.5. The molecular weight excluding hydrogens is 306 g/mol. The maximum atomic E-state index is 12.7. The number of alkyl halides is 6. The van der Waals surface area contributed by atoms with E-state index in [0.29, 0.717) is 12.1 Å². The lowest BCUT2D eigenvalue weighted by Crippen LogP contribution is -2.24. The average Bonchev–Trinajstić information content (AvgIpc) is 2.24. The number of nitro groups is 1. The molecule has 21 heavy (non-hydrogen) atoms. The molecule has 1 aromatic carbocycles. The van der Waals surface area contributed by atoms with Gasteiger partial charge in [-0.3, -0.25) is 10.1 Å². The van der Waals surface area contributed by atoms with Gasteiger partial charge in [-0.25, -0.2) is 0 Å². The molecule has 10 heteroatoms. The molecule has 0 saturated heterocycles. The predicted molar refractivity (Wildman–Crippen MR) is 61.9 cm³/mol. The van der Waals surface area contributed by atoms with Crippen LogP contribution in [0.4, 0.5) is 37.7 Å². The number of nitrogens with one attached hydrogen (secondary N) is 1. The van der Waals surface area contributed by atoms with Gasteiger partial charge >= 0.3 is 12.4 Å². The van der Waals surface area contributed by atoms with E-state index in [-0.39, 0.29) is 5.69 Å². The van der Waals surface area contributed by atoms with Crippen molar-refractivity contribution in [1.82, 2.24) is 0 Å². The van der Waals surface area contributed by atoms with E-state index in [1.165, 1.54) is 0 Å². The molecule has 1 atom stereocenters. The average molecular weight is 316 g/mol. The van der Waals surface area contributed by atoms with E-state index in [0.717, 1.165) is 13.0 Å². The lowest BCUT2D eigenvalue weighted by atomic mass is 10.1. The van der Waals surface area contributed by atoms with Crippen molar-refractivity contribution < 1.29 is 31.3 Å². The maximum Gasteiger partial charge on any atom is 0.423 e. The van der Waals surface area contributed by atoms with Crippen LogP contribution in [0.1, 0.15) is 18.9 Å². The van der Waals surface area contributed by atoms with Crippen LogP contribution in [-0.4, -0.2) is 17.1 Å². The highest BCUT2D eigenvalue weighted by Gasteiger charge is 2.38. The van der Waals surface area contributed by atoms with Gasteiger partial charge in [0.25, 0.3) is 5.69 Å². The van der Waals surface area contributed by atoms with Crippen LogP contribution < -0.4 is 5.32 Å². The zero-order chi connectivity index (χ0) is 16.4. The van der Waals surface area contributed by atoms with E-state index >= 15 is 0 Å². The molecule has 0 aromatic heterocycles. The molecule has 0 fully saturated rings. The molecule has 0 heterocycles. The highest BCUT2D eigenvalue weighted by atomic mass is 19.4. The first-order valence-electron chi connectivity index (χ1n) is 5.59. The van der Waals surface area contributed by atoms with Gasteiger partial charge in [0.15, 0.2) is 0 Å². The fourth-order valence-electron chi connectivity index (χ4n) is 1.69. The van der Waals surface area contributed by atoms with Crippen molar-refractivity contribution in [2.24, 2.45) is 0 Å². The molecule has 1 N–H and O–H groups in total. The molecule has 0 amide bonds. The van der Waals surface area contributed by atoms with E-state index in [1.54, 1.807) is 0 Å². The van der Waals surface area contributed by atoms with Crippen molar-refractivity contribution in [2.45, 2.75) is 31.7 Å². The third-order valence-corrected chi connectivity index (χ3v) is 2.45. The summed E-state index contributed by atoms with van der Waals surface area (Å²) in [6.45, 7) is 1.14. The summed E-state index contributed by atoms with van der Waals surface area (Å²) in [6.07, 6.45) is -10.7. The van der Waals surface area contributed by atoms with Crippen LogP contribution >= 0.6 is 0 Å². The van der Waals surface area contributed by atoms with Crippen LogP contribution in [0, 0.1) is 10.1 Å². The maximum absolute atomic E-state index is 12.7. The van der Waals surface area contributed by atoms with Gasteiger partial charge in [0.2, 0.25) is 0 Å². The van der Waals surface area contributed by atoms with E-state index in [4.69, 9.17) is 0 Å². The van der Waals surface area contributed by atoms with Gasteiger partial charge in [-0.15, -0.1) is 0 Å². The van der Waals surface area contributed by atoms with Crippen LogP contribution in [0.25, 0.3) is 0 Å². The fourth-order valence-corrected chi connectivity index (χ4v) is 1.69. The molecule has 0 aliphatic rings. The van der Waals surface area contributed by atoms with Crippen molar-refractivity contribution in [3.63, 3.8) is 0 Å². The summed E-state index contributed by atoms with van der Waals surface area (Å²) in [5.74, 6) is 0. The Balaban J connectivity index is 3.04. The molecule has 0 saturated carbocycles. The van der Waals surface area contributed by atoms with Gasteiger partial charge in [0.05, 0.1) is 11.3 Å². The number of halogens is 6. The summed E-state index contributed by atoms with van der Waals surface area (Å²) in [4.78, 5) is 9.32. The Bertz CT molecular complexity index is 526. The Hall–Kier alpha value is -2.00. The molecule has 0 aliphatic heterocycles. The quantitative estimate of drug-likeness (QED) is 0.510. The molecule has 118 valence electrons. The summed E-state index contributed by atoms with van der Waals surface area (Å²) in [5, 5.41) is 12.8. The monoisotopic (exact) mass is 316 g/mol. The van der Waals surface area contributed by atoms with E-state index in [2.05, 4.69) is 5.32 Å². The summed E-state index contributed by atoms with van der Waals surface area (Å²) in [7, 11) is 0. The van der Waals surface area contributed by atoms with Crippen LogP contribution in [-0.2, 0) is 6.18 Å². The highest BCUT2D eigenvalue weighted by Crippen LogP contribution is 2.37. The van der Waals surface area contributed by atoms with Gasteiger partial charge in [0.1, 0.15) is 5.56 Å². The van der Waals surface area contributed by atoms with Crippen molar-refractivity contribution >= 4 is 11.4 Å². The van der Waals surface area contributed by atoms with E-state index in [9.17, 15) is 36.5 Å². The second-order valence-corrected chi connectivity index (χ2v) is 4.35. The summed E-state index contributed by atoms with van der Waals surface area (Å²) >= 11 is 0. The lowest BCUT2D eigenvalue weighted by Gasteiger charge is -2.18. The molecule has 0 spiro atoms. The standard InChI is InChI=1S/C11H10F6N2O2/c1-6(5-10(12,13)14)18-7-2-3-9(19(20)21)8(4-7)11(15,16)17/h2-4,6,18H,5H2,1H3. The molecule has 1 unspecified atom stereocenters. The third-order valence-electron chi connectivity index (χ3n) is 2.45. The van der Waals surface area contributed by atoms with Gasteiger partial charge in [-0.05, 0) is 19.1 Å². The Morgan fingerprint density at radius 2 is 1.81 bits per heavy atom. The lowest BCUT2D eigenvalue weighted by molar-refractivity contribution is -0.388. The molecule has 1 rings (SSSR count). The van der Waals surface area contributed by atoms with E-state index in [1.807, 2.05) is 0 Å². The molecule has 1 aromatic rings. The Kier molecular flexibility index (Phi) is 4.69. The zero-order valence-corrected chi connectivity index (χ0v) is 10.5. The summed E-state index contributed by atoms with van der Waals surface area (Å²) in [5.41, 5.74) is -2.95. The van der Waals surface area contributed by atoms with Crippen molar-refractivity contribution in [3.05, 3.63) is 33.9 Å². The van der Waals surface area contributed by atoms with Gasteiger partial charge in [-0.2, -0.15) is 26.3 Å². The number of rotatable bonds is 4.